The number of carbonyl (C=O) groups excluding carboxylic acids is 5. The van der Waals surface area contributed by atoms with Crippen molar-refractivity contribution in [2.75, 3.05) is 18.4 Å². The summed E-state index contributed by atoms with van der Waals surface area (Å²) in [5.41, 5.74) is 0.681. The lowest BCUT2D eigenvalue weighted by Gasteiger charge is -2.27. The molecule has 3 saturated carbocycles. The number of halogens is 4. The van der Waals surface area contributed by atoms with E-state index >= 15 is 0 Å². The predicted molar refractivity (Wildman–Crippen MR) is 193 cm³/mol. The van der Waals surface area contributed by atoms with Crippen LogP contribution in [-0.2, 0) is 43.4 Å². The topological polar surface area (TPSA) is 146 Å². The molecule has 16 heteroatoms. The van der Waals surface area contributed by atoms with Crippen LogP contribution in [0.5, 0.6) is 5.75 Å². The Kier molecular flexibility index (Phi) is 10.2. The third-order valence-corrected chi connectivity index (χ3v) is 11.8. The van der Waals surface area contributed by atoms with Crippen molar-refractivity contribution >= 4 is 47.0 Å². The van der Waals surface area contributed by atoms with E-state index in [2.05, 4.69) is 20.7 Å². The highest BCUT2D eigenvalue weighted by Gasteiger charge is 2.67. The number of carbonyl (C=O) groups is 5. The van der Waals surface area contributed by atoms with Gasteiger partial charge < -0.3 is 25.0 Å². The van der Waals surface area contributed by atoms with Gasteiger partial charge in [-0.15, -0.1) is 13.2 Å². The molecule has 3 aliphatic carbocycles. The first-order valence-corrected chi connectivity index (χ1v) is 19.1. The van der Waals surface area contributed by atoms with Crippen LogP contribution in [0.1, 0.15) is 76.0 Å². The first-order chi connectivity index (χ1) is 25.9. The minimum absolute atomic E-state index is 0.0683. The largest absolute Gasteiger partial charge is 0.573 e. The van der Waals surface area contributed by atoms with Gasteiger partial charge in [-0.25, -0.2) is 4.79 Å². The van der Waals surface area contributed by atoms with E-state index in [9.17, 15) is 37.1 Å². The summed E-state index contributed by atoms with van der Waals surface area (Å²) in [4.78, 5) is 70.9. The van der Waals surface area contributed by atoms with E-state index in [0.29, 0.717) is 36.3 Å². The molecule has 4 atom stereocenters. The molecule has 1 saturated heterocycles. The Hall–Kier alpha value is -4.53. The van der Waals surface area contributed by atoms with Gasteiger partial charge >= 0.3 is 12.5 Å². The van der Waals surface area contributed by atoms with Crippen LogP contribution >= 0.6 is 11.6 Å². The fourth-order valence-electron chi connectivity index (χ4n) is 7.84. The lowest BCUT2D eigenvalue weighted by Crippen LogP contribution is -2.57. The van der Waals surface area contributed by atoms with Crippen molar-refractivity contribution in [2.45, 2.75) is 103 Å². The number of anilines is 1. The number of hydrogen-bond acceptors (Lipinski definition) is 8. The number of nitrogens with one attached hydrogen (secondary N) is 3. The van der Waals surface area contributed by atoms with E-state index in [0.717, 1.165) is 24.0 Å². The highest BCUT2D eigenvalue weighted by molar-refractivity contribution is 6.31. The summed E-state index contributed by atoms with van der Waals surface area (Å²) in [5.74, 6) is -2.41. The van der Waals surface area contributed by atoms with E-state index in [4.69, 9.17) is 16.3 Å². The van der Waals surface area contributed by atoms with Crippen molar-refractivity contribution in [1.29, 1.82) is 0 Å². The van der Waals surface area contributed by atoms with Crippen LogP contribution in [0, 0.1) is 23.2 Å². The molecule has 2 heterocycles. The first-order valence-electron chi connectivity index (χ1n) is 18.8. The monoisotopic (exact) mass is 787 g/mol. The Morgan fingerprint density at radius 1 is 1.04 bits per heavy atom. The Labute approximate surface area is 321 Å². The van der Waals surface area contributed by atoms with Crippen molar-refractivity contribution in [3.05, 3.63) is 58.1 Å². The highest BCUT2D eigenvalue weighted by atomic mass is 35.5. The zero-order valence-electron chi connectivity index (χ0n) is 30.9. The second kappa shape index (κ2) is 14.5. The van der Waals surface area contributed by atoms with Crippen molar-refractivity contribution in [2.24, 2.45) is 23.2 Å². The summed E-state index contributed by atoms with van der Waals surface area (Å²) < 4.78 is 49.2. The van der Waals surface area contributed by atoms with Gasteiger partial charge in [-0.2, -0.15) is 0 Å². The summed E-state index contributed by atoms with van der Waals surface area (Å²) in [7, 11) is 0. The molecule has 0 spiro atoms. The number of fused-ring (bicyclic) bond motifs is 1. The van der Waals surface area contributed by atoms with Crippen molar-refractivity contribution in [3.8, 4) is 5.75 Å². The van der Waals surface area contributed by atoms with E-state index in [-0.39, 0.29) is 55.4 Å². The molecule has 4 fully saturated rings. The molecule has 2 aliphatic heterocycles. The Morgan fingerprint density at radius 3 is 2.44 bits per heavy atom. The minimum Gasteiger partial charge on any atom is -0.444 e. The molecule has 0 radical (unpaired) electrons. The van der Waals surface area contributed by atoms with Gasteiger partial charge in [0, 0.05) is 35.2 Å². The van der Waals surface area contributed by atoms with Gasteiger partial charge in [0.1, 0.15) is 23.4 Å². The van der Waals surface area contributed by atoms with Gasteiger partial charge in [0.2, 0.25) is 17.7 Å². The smallest absolute Gasteiger partial charge is 0.444 e. The lowest BCUT2D eigenvalue weighted by molar-refractivity contribution is -0.274. The van der Waals surface area contributed by atoms with Crippen LogP contribution < -0.4 is 20.7 Å². The molecule has 4 unspecified atom stereocenters. The summed E-state index contributed by atoms with van der Waals surface area (Å²) in [6.45, 7) is 5.61. The van der Waals surface area contributed by atoms with Crippen LogP contribution in [0.25, 0.3) is 0 Å². The summed E-state index contributed by atoms with van der Waals surface area (Å²) in [6.07, 6.45) is -2.55. The number of benzene rings is 2. The van der Waals surface area contributed by atoms with E-state index in [1.54, 1.807) is 19.1 Å². The van der Waals surface area contributed by atoms with Crippen molar-refractivity contribution in [3.63, 3.8) is 0 Å². The fraction of sp³-hybridized carbons (Fsp3) is 0.564. The van der Waals surface area contributed by atoms with Crippen LogP contribution in [-0.4, -0.2) is 76.7 Å². The van der Waals surface area contributed by atoms with Gasteiger partial charge in [0.15, 0.2) is 0 Å². The van der Waals surface area contributed by atoms with Crippen LogP contribution in [0.15, 0.2) is 36.4 Å². The molecule has 0 bridgehead atoms. The summed E-state index contributed by atoms with van der Waals surface area (Å²) in [6, 6.07) is 8.13. The average Bonchev–Trinajstić information content (AvgIpc) is 4.07. The highest BCUT2D eigenvalue weighted by Crippen LogP contribution is 2.57. The predicted octanol–water partition coefficient (Wildman–Crippen LogP) is 5.70. The molecule has 5 aliphatic rings. The van der Waals surface area contributed by atoms with Gasteiger partial charge in [-0.05, 0) is 85.1 Å². The second-order valence-corrected chi connectivity index (χ2v) is 16.7. The fourth-order valence-corrected chi connectivity index (χ4v) is 8.10. The maximum absolute atomic E-state index is 14.2. The van der Waals surface area contributed by atoms with Gasteiger partial charge in [-0.1, -0.05) is 50.6 Å². The number of ether oxygens (including phenoxy) is 2. The zero-order chi connectivity index (χ0) is 39.4. The van der Waals surface area contributed by atoms with Gasteiger partial charge in [-0.3, -0.25) is 29.4 Å². The molecule has 55 heavy (non-hydrogen) atoms. The SMILES string of the molecule is CC(C)Cc1ccc(OC(F)(F)F)cc1NCC(=O)N1CC(OC(=O)N2Cc3cccc(Cl)c3C2)CC1C(=O)NC1(C(=O)NC(=O)C2(C)CC2)CC1C1CC1. The van der Waals surface area contributed by atoms with Crippen LogP contribution in [0.4, 0.5) is 23.7 Å². The molecule has 0 aromatic heterocycles. The molecule has 5 amide bonds. The van der Waals surface area contributed by atoms with Crippen LogP contribution in [0.2, 0.25) is 5.02 Å². The molecule has 2 aromatic carbocycles. The number of hydrogen-bond donors (Lipinski definition) is 3. The Bertz CT molecular complexity index is 1900. The number of likely N-dealkylation sites (tertiary alicyclic amines) is 1. The lowest BCUT2D eigenvalue weighted by atomic mass is 10.0. The minimum atomic E-state index is -4.92. The van der Waals surface area contributed by atoms with Crippen molar-refractivity contribution in [1.82, 2.24) is 20.4 Å². The third kappa shape index (κ3) is 8.51. The molecular formula is C39H45ClF3N5O7. The Morgan fingerprint density at radius 2 is 1.78 bits per heavy atom. The van der Waals surface area contributed by atoms with E-state index in [1.165, 1.54) is 28.0 Å². The standard InChI is InChI=1S/C39H45ClF3N5O7/c1-21(2)13-23-9-10-25(55-39(41,42)43)14-30(23)44-17-32(49)48-19-26(54-36(53)47-18-24-5-4-6-29(40)27(24)20-47)15-31(48)33(50)46-38(16-28(38)22-7-8-22)35(52)45-34(51)37(3)11-12-37/h4-6,9-10,14,21-22,26,28,31,44H,7-8,11-13,15-20H2,1-3H3,(H,46,50)(H,45,51,52). The maximum atomic E-state index is 14.2. The molecule has 12 nitrogen and oxygen atoms in total. The van der Waals surface area contributed by atoms with Gasteiger partial charge in [0.05, 0.1) is 19.6 Å². The summed E-state index contributed by atoms with van der Waals surface area (Å²) >= 11 is 6.35. The third-order valence-electron chi connectivity index (χ3n) is 11.4. The number of nitrogens with zero attached hydrogens (tertiary/aromatic N) is 2. The van der Waals surface area contributed by atoms with E-state index in [1.807, 2.05) is 19.9 Å². The van der Waals surface area contributed by atoms with Crippen LogP contribution in [0.3, 0.4) is 0 Å². The second-order valence-electron chi connectivity index (χ2n) is 16.3. The maximum Gasteiger partial charge on any atom is 0.573 e. The number of imide groups is 1. The molecule has 3 N–H and O–H groups in total. The number of amides is 5. The normalized spacial score (nSPS) is 24.9. The molecule has 7 rings (SSSR count). The first kappa shape index (κ1) is 38.7. The zero-order valence-corrected chi connectivity index (χ0v) is 31.6. The van der Waals surface area contributed by atoms with E-state index < -0.39 is 65.6 Å². The molecule has 2 aromatic rings. The number of alkyl halides is 3. The number of rotatable bonds is 12. The molecule has 296 valence electrons. The van der Waals surface area contributed by atoms with Gasteiger partial charge in [0.25, 0.3) is 5.91 Å². The molecular weight excluding hydrogens is 743 g/mol. The quantitative estimate of drug-likeness (QED) is 0.233. The average molecular weight is 788 g/mol. The van der Waals surface area contributed by atoms with Crippen molar-refractivity contribution < 1.29 is 46.6 Å². The Balaban J connectivity index is 1.09. The summed E-state index contributed by atoms with van der Waals surface area (Å²) in [5, 5.41) is 8.92.